The van der Waals surface area contributed by atoms with Crippen molar-refractivity contribution >= 4 is 0 Å². The summed E-state index contributed by atoms with van der Waals surface area (Å²) in [5.41, 5.74) is 1.92. The number of ether oxygens (including phenoxy) is 1. The normalized spacial score (nSPS) is 11.9. The predicted octanol–water partition coefficient (Wildman–Crippen LogP) is 2.45. The van der Waals surface area contributed by atoms with E-state index in [-0.39, 0.29) is 0 Å². The third-order valence-electron chi connectivity index (χ3n) is 2.37. The number of hydrogen-bond donors (Lipinski definition) is 1. The summed E-state index contributed by atoms with van der Waals surface area (Å²) in [6.07, 6.45) is 5.86. The molecule has 2 nitrogen and oxygen atoms in total. The smallest absolute Gasteiger partial charge is 0.121 e. The lowest BCUT2D eigenvalue weighted by Crippen LogP contribution is -1.98. The van der Waals surface area contributed by atoms with Gasteiger partial charge in [-0.25, -0.2) is 0 Å². The second-order valence-electron chi connectivity index (χ2n) is 3.49. The molecule has 0 aliphatic carbocycles. The Hall–Kier alpha value is -1.46. The summed E-state index contributed by atoms with van der Waals surface area (Å²) in [5, 5.41) is 9.80. The number of aliphatic hydroxyl groups excluding tert-OH is 1. The van der Waals surface area contributed by atoms with Crippen molar-refractivity contribution in [1.82, 2.24) is 0 Å². The Kier molecular flexibility index (Phi) is 4.20. The van der Waals surface area contributed by atoms with Crippen LogP contribution in [0.4, 0.5) is 0 Å². The molecule has 15 heavy (non-hydrogen) atoms. The molecule has 1 N–H and O–H groups in total. The van der Waals surface area contributed by atoms with E-state index in [1.54, 1.807) is 7.11 Å². The molecule has 0 fully saturated rings. The van der Waals surface area contributed by atoms with Gasteiger partial charge in [0.15, 0.2) is 0 Å². The average Bonchev–Trinajstić information content (AvgIpc) is 2.25. The minimum Gasteiger partial charge on any atom is -0.496 e. The molecule has 0 saturated heterocycles. The fourth-order valence-corrected chi connectivity index (χ4v) is 1.50. The van der Waals surface area contributed by atoms with Gasteiger partial charge in [-0.2, -0.15) is 0 Å². The van der Waals surface area contributed by atoms with Gasteiger partial charge >= 0.3 is 0 Å². The molecule has 1 atom stereocenters. The van der Waals surface area contributed by atoms with E-state index in [1.807, 2.05) is 25.1 Å². The van der Waals surface area contributed by atoms with Crippen LogP contribution in [0.2, 0.25) is 0 Å². The second-order valence-corrected chi connectivity index (χ2v) is 3.49. The first-order valence-corrected chi connectivity index (χ1v) is 4.95. The maximum atomic E-state index is 9.80. The molecule has 1 aromatic carbocycles. The molecule has 0 aliphatic heterocycles. The monoisotopic (exact) mass is 204 g/mol. The van der Waals surface area contributed by atoms with Crippen molar-refractivity contribution in [1.29, 1.82) is 0 Å². The van der Waals surface area contributed by atoms with Gasteiger partial charge < -0.3 is 9.84 Å². The van der Waals surface area contributed by atoms with Crippen molar-refractivity contribution in [3.63, 3.8) is 0 Å². The molecule has 0 heterocycles. The van der Waals surface area contributed by atoms with E-state index in [4.69, 9.17) is 11.2 Å². The van der Waals surface area contributed by atoms with Crippen LogP contribution in [0.15, 0.2) is 18.2 Å². The molecule has 0 radical (unpaired) electrons. The molecule has 0 aliphatic rings. The summed E-state index contributed by atoms with van der Waals surface area (Å²) in [4.78, 5) is 0. The number of benzene rings is 1. The van der Waals surface area contributed by atoms with E-state index in [0.29, 0.717) is 12.8 Å². The zero-order valence-electron chi connectivity index (χ0n) is 9.16. The van der Waals surface area contributed by atoms with Gasteiger partial charge in [-0.15, -0.1) is 12.3 Å². The van der Waals surface area contributed by atoms with Crippen LogP contribution >= 0.6 is 0 Å². The number of hydrogen-bond acceptors (Lipinski definition) is 2. The first kappa shape index (κ1) is 11.6. The van der Waals surface area contributed by atoms with Gasteiger partial charge in [0.1, 0.15) is 5.75 Å². The van der Waals surface area contributed by atoms with Gasteiger partial charge in [-0.3, -0.25) is 0 Å². The molecule has 2 heteroatoms. The van der Waals surface area contributed by atoms with Crippen LogP contribution in [0.5, 0.6) is 5.75 Å². The van der Waals surface area contributed by atoms with Gasteiger partial charge in [-0.05, 0) is 36.6 Å². The fourth-order valence-electron chi connectivity index (χ4n) is 1.50. The standard InChI is InChI=1S/C13H16O2/c1-4-5-6-12(14)11-7-8-13(15-3)10(2)9-11/h1,7-9,12,14H,5-6H2,2-3H3. The van der Waals surface area contributed by atoms with Crippen LogP contribution in [-0.2, 0) is 0 Å². The maximum Gasteiger partial charge on any atom is 0.121 e. The quantitative estimate of drug-likeness (QED) is 0.763. The van der Waals surface area contributed by atoms with Gasteiger partial charge in [0.05, 0.1) is 13.2 Å². The largest absolute Gasteiger partial charge is 0.496 e. The maximum absolute atomic E-state index is 9.80. The lowest BCUT2D eigenvalue weighted by molar-refractivity contribution is 0.169. The number of aryl methyl sites for hydroxylation is 1. The highest BCUT2D eigenvalue weighted by atomic mass is 16.5. The highest BCUT2D eigenvalue weighted by Gasteiger charge is 2.08. The molecule has 0 saturated carbocycles. The first-order chi connectivity index (χ1) is 7.19. The summed E-state index contributed by atoms with van der Waals surface area (Å²) in [6, 6.07) is 5.66. The third kappa shape index (κ3) is 3.00. The van der Waals surface area contributed by atoms with E-state index < -0.39 is 6.10 Å². The van der Waals surface area contributed by atoms with Crippen LogP contribution in [0.3, 0.4) is 0 Å². The van der Waals surface area contributed by atoms with Gasteiger partial charge in [-0.1, -0.05) is 6.07 Å². The highest BCUT2D eigenvalue weighted by Crippen LogP contribution is 2.24. The lowest BCUT2D eigenvalue weighted by atomic mass is 10.0. The van der Waals surface area contributed by atoms with Crippen LogP contribution in [-0.4, -0.2) is 12.2 Å². The van der Waals surface area contributed by atoms with Gasteiger partial charge in [0, 0.05) is 6.42 Å². The number of rotatable bonds is 4. The van der Waals surface area contributed by atoms with Crippen molar-refractivity contribution in [2.45, 2.75) is 25.9 Å². The van der Waals surface area contributed by atoms with E-state index >= 15 is 0 Å². The minimum absolute atomic E-state index is 0.481. The molecule has 1 rings (SSSR count). The van der Waals surface area contributed by atoms with E-state index in [0.717, 1.165) is 16.9 Å². The zero-order chi connectivity index (χ0) is 11.3. The number of terminal acetylenes is 1. The molecule has 0 aromatic heterocycles. The Balaban J connectivity index is 2.79. The van der Waals surface area contributed by atoms with Crippen LogP contribution in [0, 0.1) is 19.3 Å². The van der Waals surface area contributed by atoms with Gasteiger partial charge in [0.25, 0.3) is 0 Å². The molecular weight excluding hydrogens is 188 g/mol. The predicted molar refractivity (Wildman–Crippen MR) is 60.8 cm³/mol. The van der Waals surface area contributed by atoms with E-state index in [1.165, 1.54) is 0 Å². The lowest BCUT2D eigenvalue weighted by Gasteiger charge is -2.12. The van der Waals surface area contributed by atoms with Crippen molar-refractivity contribution < 1.29 is 9.84 Å². The summed E-state index contributed by atoms with van der Waals surface area (Å²) < 4.78 is 5.15. The Labute approximate surface area is 90.9 Å². The molecule has 80 valence electrons. The van der Waals surface area contributed by atoms with E-state index in [9.17, 15) is 5.11 Å². The van der Waals surface area contributed by atoms with Gasteiger partial charge in [0.2, 0.25) is 0 Å². The fraction of sp³-hybridized carbons (Fsp3) is 0.385. The number of aliphatic hydroxyl groups is 1. The highest BCUT2D eigenvalue weighted by molar-refractivity contribution is 5.36. The van der Waals surface area contributed by atoms with Crippen molar-refractivity contribution in [3.05, 3.63) is 29.3 Å². The SMILES string of the molecule is C#CCCC(O)c1ccc(OC)c(C)c1. The molecular formula is C13H16O2. The minimum atomic E-state index is -0.481. The average molecular weight is 204 g/mol. The first-order valence-electron chi connectivity index (χ1n) is 4.95. The summed E-state index contributed by atoms with van der Waals surface area (Å²) in [5.74, 6) is 3.36. The van der Waals surface area contributed by atoms with Crippen LogP contribution < -0.4 is 4.74 Å². The molecule has 0 spiro atoms. The zero-order valence-corrected chi connectivity index (χ0v) is 9.16. The second kappa shape index (κ2) is 5.43. The molecule has 1 aromatic rings. The van der Waals surface area contributed by atoms with Crippen molar-refractivity contribution in [2.24, 2.45) is 0 Å². The molecule has 1 unspecified atom stereocenters. The van der Waals surface area contributed by atoms with E-state index in [2.05, 4.69) is 5.92 Å². The summed E-state index contributed by atoms with van der Waals surface area (Å²) in [6.45, 7) is 1.95. The Morgan fingerprint density at radius 2 is 2.27 bits per heavy atom. The van der Waals surface area contributed by atoms with Crippen molar-refractivity contribution in [2.75, 3.05) is 7.11 Å². The molecule has 0 amide bonds. The summed E-state index contributed by atoms with van der Waals surface area (Å²) in [7, 11) is 1.64. The Bertz CT molecular complexity index is 363. The summed E-state index contributed by atoms with van der Waals surface area (Å²) >= 11 is 0. The Morgan fingerprint density at radius 3 is 2.80 bits per heavy atom. The Morgan fingerprint density at radius 1 is 1.53 bits per heavy atom. The third-order valence-corrected chi connectivity index (χ3v) is 2.37. The van der Waals surface area contributed by atoms with Crippen molar-refractivity contribution in [3.8, 4) is 18.1 Å². The van der Waals surface area contributed by atoms with Crippen LogP contribution in [0.1, 0.15) is 30.1 Å². The van der Waals surface area contributed by atoms with Crippen LogP contribution in [0.25, 0.3) is 0 Å². The number of methoxy groups -OCH3 is 1. The molecule has 0 bridgehead atoms. The topological polar surface area (TPSA) is 29.5 Å².